The average Bonchev–Trinajstić information content (AvgIpc) is 2.33. The molecule has 0 radical (unpaired) electrons. The Kier molecular flexibility index (Phi) is 2.43. The fourth-order valence-electron chi connectivity index (χ4n) is 6.77. The molecule has 2 nitrogen and oxygen atoms in total. The van der Waals surface area contributed by atoms with E-state index < -0.39 is 5.60 Å². The number of benzene rings is 1. The van der Waals surface area contributed by atoms with E-state index in [-0.39, 0.29) is 22.0 Å². The molecule has 2 heteroatoms. The Morgan fingerprint density at radius 2 is 1.48 bits per heavy atom. The molecule has 4 fully saturated rings. The Hall–Kier alpha value is -1.15. The molecule has 112 valence electrons. The minimum Gasteiger partial charge on any atom is -0.390 e. The smallest absolute Gasteiger partial charge is 0.169 e. The molecule has 21 heavy (non-hydrogen) atoms. The van der Waals surface area contributed by atoms with Crippen LogP contribution < -0.4 is 0 Å². The Labute approximate surface area is 126 Å². The second kappa shape index (κ2) is 3.78. The fraction of sp³-hybridized carbons (Fsp3) is 0.632. The third-order valence-electron chi connectivity index (χ3n) is 6.08. The first-order chi connectivity index (χ1) is 9.76. The lowest BCUT2D eigenvalue weighted by molar-refractivity contribution is -0.210. The summed E-state index contributed by atoms with van der Waals surface area (Å²) in [6.07, 6.45) is 5.47. The van der Waals surface area contributed by atoms with Crippen LogP contribution in [0, 0.1) is 16.2 Å². The zero-order valence-electron chi connectivity index (χ0n) is 13.0. The van der Waals surface area contributed by atoms with Gasteiger partial charge >= 0.3 is 0 Å². The van der Waals surface area contributed by atoms with Gasteiger partial charge in [-0.2, -0.15) is 0 Å². The third-order valence-corrected chi connectivity index (χ3v) is 6.08. The van der Waals surface area contributed by atoms with E-state index in [1.54, 1.807) is 0 Å². The number of carbonyl (C=O) groups is 1. The monoisotopic (exact) mass is 284 g/mol. The molecule has 4 saturated carbocycles. The molecule has 1 aromatic carbocycles. The second-order valence-corrected chi connectivity index (χ2v) is 8.88. The van der Waals surface area contributed by atoms with Crippen LogP contribution in [0.4, 0.5) is 0 Å². The van der Waals surface area contributed by atoms with E-state index in [4.69, 9.17) is 0 Å². The highest BCUT2D eigenvalue weighted by Crippen LogP contribution is 2.71. The summed E-state index contributed by atoms with van der Waals surface area (Å²) in [4.78, 5) is 13.2. The van der Waals surface area contributed by atoms with E-state index >= 15 is 0 Å². The number of hydrogen-bond donors (Lipinski definition) is 1. The average molecular weight is 284 g/mol. The molecule has 1 aromatic rings. The summed E-state index contributed by atoms with van der Waals surface area (Å²) < 4.78 is 0. The Bertz CT molecular complexity index is 550. The van der Waals surface area contributed by atoms with Gasteiger partial charge in [-0.1, -0.05) is 44.2 Å². The Balaban J connectivity index is 1.80. The van der Waals surface area contributed by atoms with Gasteiger partial charge < -0.3 is 5.11 Å². The van der Waals surface area contributed by atoms with E-state index in [0.717, 1.165) is 37.7 Å². The van der Waals surface area contributed by atoms with Crippen molar-refractivity contribution in [2.45, 2.75) is 58.0 Å². The Morgan fingerprint density at radius 3 is 2.00 bits per heavy atom. The van der Waals surface area contributed by atoms with Gasteiger partial charge in [0.15, 0.2) is 5.78 Å². The van der Waals surface area contributed by atoms with Crippen molar-refractivity contribution in [3.05, 3.63) is 35.9 Å². The summed E-state index contributed by atoms with van der Waals surface area (Å²) in [7, 11) is 0. The summed E-state index contributed by atoms with van der Waals surface area (Å²) in [6.45, 7) is 4.56. The van der Waals surface area contributed by atoms with E-state index in [9.17, 15) is 9.90 Å². The van der Waals surface area contributed by atoms with Crippen molar-refractivity contribution in [1.82, 2.24) is 0 Å². The SMILES string of the molecule is CC12CC3(C)CC(O)(C1)CC(C(=O)c1ccccc1)(C2)C3. The lowest BCUT2D eigenvalue weighted by Crippen LogP contribution is -2.64. The van der Waals surface area contributed by atoms with Crippen LogP contribution in [-0.2, 0) is 0 Å². The number of aliphatic hydroxyl groups is 1. The van der Waals surface area contributed by atoms with E-state index in [0.29, 0.717) is 6.42 Å². The van der Waals surface area contributed by atoms with E-state index in [1.165, 1.54) is 0 Å². The highest BCUT2D eigenvalue weighted by Gasteiger charge is 2.67. The molecule has 4 aliphatic rings. The van der Waals surface area contributed by atoms with E-state index in [2.05, 4.69) is 13.8 Å². The van der Waals surface area contributed by atoms with Crippen LogP contribution >= 0.6 is 0 Å². The summed E-state index contributed by atoms with van der Waals surface area (Å²) in [5.41, 5.74) is 0.109. The Morgan fingerprint density at radius 1 is 0.905 bits per heavy atom. The van der Waals surface area contributed by atoms with Crippen LogP contribution in [0.25, 0.3) is 0 Å². The predicted molar refractivity (Wildman–Crippen MR) is 82.1 cm³/mol. The first-order valence-electron chi connectivity index (χ1n) is 8.08. The number of rotatable bonds is 2. The molecule has 2 atom stereocenters. The number of carbonyl (C=O) groups excluding carboxylic acids is 1. The molecule has 2 unspecified atom stereocenters. The van der Waals surface area contributed by atoms with Crippen LogP contribution in [0.5, 0.6) is 0 Å². The molecule has 0 aromatic heterocycles. The molecule has 4 bridgehead atoms. The zero-order chi connectivity index (χ0) is 14.9. The van der Waals surface area contributed by atoms with Crippen molar-refractivity contribution in [2.24, 2.45) is 16.2 Å². The molecule has 0 aliphatic heterocycles. The van der Waals surface area contributed by atoms with Crippen LogP contribution in [0.3, 0.4) is 0 Å². The molecular weight excluding hydrogens is 260 g/mol. The minimum atomic E-state index is -0.622. The van der Waals surface area contributed by atoms with Crippen LogP contribution in [0.15, 0.2) is 30.3 Å². The standard InChI is InChI=1S/C19H24O2/c1-16-8-17(2)10-18(9-16,13-19(21,11-16)12-17)15(20)14-6-4-3-5-7-14/h3-7,21H,8-13H2,1-2H3. The predicted octanol–water partition coefficient (Wildman–Crippen LogP) is 3.98. The molecule has 5 rings (SSSR count). The van der Waals surface area contributed by atoms with Gasteiger partial charge in [-0.25, -0.2) is 0 Å². The first kappa shape index (κ1) is 13.5. The second-order valence-electron chi connectivity index (χ2n) is 8.88. The van der Waals surface area contributed by atoms with E-state index in [1.807, 2.05) is 30.3 Å². The summed E-state index contributed by atoms with van der Waals surface area (Å²) >= 11 is 0. The zero-order valence-corrected chi connectivity index (χ0v) is 13.0. The molecular formula is C19H24O2. The molecule has 0 spiro atoms. The first-order valence-corrected chi connectivity index (χ1v) is 8.08. The third kappa shape index (κ3) is 1.92. The van der Waals surface area contributed by atoms with Crippen LogP contribution in [0.1, 0.15) is 62.7 Å². The molecule has 1 N–H and O–H groups in total. The van der Waals surface area contributed by atoms with Crippen molar-refractivity contribution in [1.29, 1.82) is 0 Å². The highest BCUT2D eigenvalue weighted by molar-refractivity contribution is 6.01. The van der Waals surface area contributed by atoms with Crippen molar-refractivity contribution in [3.63, 3.8) is 0 Å². The van der Waals surface area contributed by atoms with Gasteiger partial charge in [0.1, 0.15) is 0 Å². The topological polar surface area (TPSA) is 37.3 Å². The molecule has 0 heterocycles. The summed E-state index contributed by atoms with van der Waals surface area (Å²) in [6, 6.07) is 9.68. The van der Waals surface area contributed by atoms with Gasteiger partial charge in [-0.15, -0.1) is 0 Å². The summed E-state index contributed by atoms with van der Waals surface area (Å²) in [5, 5.41) is 11.0. The number of Topliss-reactive ketones (excluding diaryl/α,β-unsaturated/α-hetero) is 1. The largest absolute Gasteiger partial charge is 0.390 e. The maximum atomic E-state index is 13.2. The molecule has 0 amide bonds. The minimum absolute atomic E-state index is 0.128. The van der Waals surface area contributed by atoms with Gasteiger partial charge in [0.05, 0.1) is 5.60 Å². The van der Waals surface area contributed by atoms with Gasteiger partial charge in [-0.05, 0) is 49.4 Å². The van der Waals surface area contributed by atoms with Crippen molar-refractivity contribution in [2.75, 3.05) is 0 Å². The highest BCUT2D eigenvalue weighted by atomic mass is 16.3. The maximum absolute atomic E-state index is 13.2. The van der Waals surface area contributed by atoms with Crippen molar-refractivity contribution in [3.8, 4) is 0 Å². The summed E-state index contributed by atoms with van der Waals surface area (Å²) in [5.74, 6) is 0.262. The van der Waals surface area contributed by atoms with Crippen molar-refractivity contribution < 1.29 is 9.90 Å². The van der Waals surface area contributed by atoms with Crippen molar-refractivity contribution >= 4 is 5.78 Å². The molecule has 4 aliphatic carbocycles. The number of ketones is 1. The lowest BCUT2D eigenvalue weighted by atomic mass is 9.38. The molecule has 0 saturated heterocycles. The van der Waals surface area contributed by atoms with Crippen LogP contribution in [0.2, 0.25) is 0 Å². The van der Waals surface area contributed by atoms with Gasteiger partial charge in [0.25, 0.3) is 0 Å². The fourth-order valence-corrected chi connectivity index (χ4v) is 6.77. The van der Waals surface area contributed by atoms with Crippen LogP contribution in [-0.4, -0.2) is 16.5 Å². The normalized spacial score (nSPS) is 47.6. The number of hydrogen-bond acceptors (Lipinski definition) is 2. The van der Waals surface area contributed by atoms with Gasteiger partial charge in [0.2, 0.25) is 0 Å². The van der Waals surface area contributed by atoms with Gasteiger partial charge in [-0.3, -0.25) is 4.79 Å². The lowest BCUT2D eigenvalue weighted by Gasteiger charge is -2.67. The quantitative estimate of drug-likeness (QED) is 0.834. The van der Waals surface area contributed by atoms with Gasteiger partial charge in [0, 0.05) is 11.0 Å². The maximum Gasteiger partial charge on any atom is 0.169 e.